The zero-order valence-electron chi connectivity index (χ0n) is 30.8. The Bertz CT molecular complexity index is 1770. The Hall–Kier alpha value is -4.67. The third-order valence-electron chi connectivity index (χ3n) is 8.60. The fourth-order valence-corrected chi connectivity index (χ4v) is 6.11. The Morgan fingerprint density at radius 1 is 0.900 bits per heavy atom. The summed E-state index contributed by atoms with van der Waals surface area (Å²) < 4.78 is 26.3. The van der Waals surface area contributed by atoms with Crippen LogP contribution in [0, 0.1) is 11.9 Å². The second-order valence-corrected chi connectivity index (χ2v) is 14.9. The van der Waals surface area contributed by atoms with Gasteiger partial charge in [0.15, 0.2) is 0 Å². The molecule has 11 heteroatoms. The monoisotopic (exact) mass is 686 g/mol. The van der Waals surface area contributed by atoms with E-state index in [0.29, 0.717) is 23.9 Å². The van der Waals surface area contributed by atoms with E-state index >= 15 is 4.39 Å². The van der Waals surface area contributed by atoms with Gasteiger partial charge in [-0.05, 0) is 83.4 Å². The average molecular weight is 687 g/mol. The van der Waals surface area contributed by atoms with Crippen molar-refractivity contribution in [3.63, 3.8) is 0 Å². The highest BCUT2D eigenvalue weighted by atomic mass is 19.1. The van der Waals surface area contributed by atoms with Gasteiger partial charge in [-0.3, -0.25) is 9.80 Å². The molecule has 2 fully saturated rings. The second-order valence-electron chi connectivity index (χ2n) is 14.9. The van der Waals surface area contributed by atoms with Crippen LogP contribution < -0.4 is 0 Å². The number of amides is 2. The van der Waals surface area contributed by atoms with Gasteiger partial charge >= 0.3 is 12.2 Å². The molecule has 2 unspecified atom stereocenters. The fraction of sp³-hybridized carbons (Fsp3) is 0.487. The molecule has 6 rings (SSSR count). The molecule has 2 N–H and O–H groups in total. The molecular weight excluding hydrogens is 635 g/mol. The lowest BCUT2D eigenvalue weighted by Gasteiger charge is -2.27. The molecule has 2 aromatic heterocycles. The molecular formula is C39H51FN6O4. The lowest BCUT2D eigenvalue weighted by atomic mass is 10.0. The summed E-state index contributed by atoms with van der Waals surface area (Å²) in [5.74, 6) is 0.950. The standard InChI is InChI=1S/C37H45FN6O4.C2H6/c1-22-19-29(22)44(35(46)48-37(5,6)7)21-30-41-31(32(38)42-30)26-16-12-24(13-17-26)23-10-14-25(15-11-23)27-20-39-33(40-27)28-9-8-18-43(28)34(45)47-36(2,3)4;1-2/h10-17,20,22,28-29H,8-9,18-19,21H2,1-7H3,(H,39,40)(H,41,42);1-2H3/t22?,28?,29-;/m1./s1. The zero-order valence-corrected chi connectivity index (χ0v) is 30.8. The number of carbonyl (C=O) groups is 2. The maximum absolute atomic E-state index is 15.1. The van der Waals surface area contributed by atoms with Crippen LogP contribution in [-0.4, -0.2) is 65.7 Å². The summed E-state index contributed by atoms with van der Waals surface area (Å²) >= 11 is 0. The molecule has 1 saturated carbocycles. The fourth-order valence-electron chi connectivity index (χ4n) is 6.11. The number of aromatic amines is 2. The van der Waals surface area contributed by atoms with Crippen molar-refractivity contribution in [1.29, 1.82) is 0 Å². The Labute approximate surface area is 294 Å². The molecule has 3 atom stereocenters. The van der Waals surface area contributed by atoms with Crippen molar-refractivity contribution in [3.05, 3.63) is 72.3 Å². The van der Waals surface area contributed by atoms with Gasteiger partial charge in [0.2, 0.25) is 5.95 Å². The lowest BCUT2D eigenvalue weighted by Crippen LogP contribution is -2.38. The van der Waals surface area contributed by atoms with Crippen molar-refractivity contribution in [2.75, 3.05) is 6.54 Å². The number of likely N-dealkylation sites (tertiary alicyclic amines) is 1. The summed E-state index contributed by atoms with van der Waals surface area (Å²) in [6.45, 7) is 18.0. The molecule has 3 heterocycles. The summed E-state index contributed by atoms with van der Waals surface area (Å²) in [5.41, 5.74) is 3.49. The van der Waals surface area contributed by atoms with E-state index in [1.807, 2.05) is 104 Å². The number of carbonyl (C=O) groups excluding carboxylic acids is 2. The Morgan fingerprint density at radius 3 is 2.02 bits per heavy atom. The minimum atomic E-state index is -0.625. The molecule has 2 aromatic carbocycles. The van der Waals surface area contributed by atoms with Gasteiger partial charge in [-0.1, -0.05) is 69.3 Å². The Kier molecular flexibility index (Phi) is 10.7. The quantitative estimate of drug-likeness (QED) is 0.200. The first-order valence-corrected chi connectivity index (χ1v) is 17.6. The van der Waals surface area contributed by atoms with Crippen molar-refractivity contribution in [1.82, 2.24) is 29.7 Å². The zero-order chi connectivity index (χ0) is 36.4. The number of halogens is 1. The van der Waals surface area contributed by atoms with Crippen LogP contribution in [-0.2, 0) is 16.0 Å². The molecule has 0 radical (unpaired) electrons. The molecule has 2 aliphatic rings. The van der Waals surface area contributed by atoms with Gasteiger partial charge in [0.05, 0.1) is 24.5 Å². The summed E-state index contributed by atoms with van der Waals surface area (Å²) in [6, 6.07) is 15.6. The highest BCUT2D eigenvalue weighted by Crippen LogP contribution is 2.37. The molecule has 50 heavy (non-hydrogen) atoms. The number of ether oxygens (including phenoxy) is 2. The summed E-state index contributed by atoms with van der Waals surface area (Å²) in [4.78, 5) is 44.3. The minimum Gasteiger partial charge on any atom is -0.444 e. The first kappa shape index (κ1) is 36.6. The second kappa shape index (κ2) is 14.7. The maximum atomic E-state index is 15.1. The number of nitrogens with zero attached hydrogens (tertiary/aromatic N) is 4. The predicted molar refractivity (Wildman–Crippen MR) is 193 cm³/mol. The van der Waals surface area contributed by atoms with Gasteiger partial charge in [0.25, 0.3) is 0 Å². The third kappa shape index (κ3) is 8.73. The van der Waals surface area contributed by atoms with Crippen LogP contribution >= 0.6 is 0 Å². The van der Waals surface area contributed by atoms with E-state index in [-0.39, 0.29) is 30.4 Å². The van der Waals surface area contributed by atoms with Gasteiger partial charge in [-0.2, -0.15) is 4.39 Å². The Morgan fingerprint density at radius 2 is 1.46 bits per heavy atom. The number of rotatable bonds is 7. The minimum absolute atomic E-state index is 0.0549. The number of H-pyrrole nitrogens is 2. The van der Waals surface area contributed by atoms with E-state index in [2.05, 4.69) is 26.9 Å². The Balaban J connectivity index is 0.00000239. The molecule has 10 nitrogen and oxygen atoms in total. The predicted octanol–water partition coefficient (Wildman–Crippen LogP) is 9.52. The van der Waals surface area contributed by atoms with E-state index in [1.54, 1.807) is 16.0 Å². The molecule has 0 bridgehead atoms. The topological polar surface area (TPSA) is 116 Å². The molecule has 2 amide bonds. The lowest BCUT2D eigenvalue weighted by molar-refractivity contribution is 0.0198. The van der Waals surface area contributed by atoms with Gasteiger partial charge in [-0.15, -0.1) is 0 Å². The normalized spacial score (nSPS) is 18.7. The van der Waals surface area contributed by atoms with Crippen molar-refractivity contribution < 1.29 is 23.5 Å². The van der Waals surface area contributed by atoms with Crippen LogP contribution in [0.4, 0.5) is 14.0 Å². The van der Waals surface area contributed by atoms with E-state index in [0.717, 1.165) is 47.5 Å². The van der Waals surface area contributed by atoms with E-state index in [1.165, 1.54) is 0 Å². The SMILES string of the molecule is CC.CC1C[C@H]1N(Cc1nc(-c2ccc(-c3ccc(-c4cnc(C5CCCN5C(=O)OC(C)(C)C)[nH]4)cc3)cc2)c(F)[nH]1)C(=O)OC(C)(C)C. The number of nitrogens with one attached hydrogen (secondary N) is 2. The van der Waals surface area contributed by atoms with Crippen molar-refractivity contribution >= 4 is 12.2 Å². The van der Waals surface area contributed by atoms with Crippen molar-refractivity contribution in [3.8, 4) is 33.6 Å². The maximum Gasteiger partial charge on any atom is 0.410 e. The molecule has 1 aliphatic carbocycles. The number of benzene rings is 2. The van der Waals surface area contributed by atoms with Gasteiger partial charge in [0.1, 0.15) is 28.5 Å². The number of hydrogen-bond acceptors (Lipinski definition) is 6. The van der Waals surface area contributed by atoms with E-state index < -0.39 is 23.2 Å². The third-order valence-corrected chi connectivity index (χ3v) is 8.60. The molecule has 268 valence electrons. The average Bonchev–Trinajstić information content (AvgIpc) is 3.46. The molecule has 1 saturated heterocycles. The number of aromatic nitrogens is 4. The van der Waals surface area contributed by atoms with Crippen molar-refractivity contribution in [2.24, 2.45) is 5.92 Å². The number of imidazole rings is 2. The van der Waals surface area contributed by atoms with Crippen LogP contribution in [0.15, 0.2) is 54.7 Å². The smallest absolute Gasteiger partial charge is 0.410 e. The van der Waals surface area contributed by atoms with Crippen LogP contribution in [0.1, 0.15) is 99.3 Å². The van der Waals surface area contributed by atoms with E-state index in [9.17, 15) is 9.59 Å². The first-order chi connectivity index (χ1) is 23.6. The number of hydrogen-bond donors (Lipinski definition) is 2. The highest BCUT2D eigenvalue weighted by Gasteiger charge is 2.42. The summed E-state index contributed by atoms with van der Waals surface area (Å²) in [6.07, 6.45) is 3.67. The van der Waals surface area contributed by atoms with Crippen LogP contribution in [0.3, 0.4) is 0 Å². The van der Waals surface area contributed by atoms with Gasteiger partial charge in [-0.25, -0.2) is 19.6 Å². The van der Waals surface area contributed by atoms with Crippen LogP contribution in [0.25, 0.3) is 33.6 Å². The molecule has 0 spiro atoms. The van der Waals surface area contributed by atoms with E-state index in [4.69, 9.17) is 9.47 Å². The van der Waals surface area contributed by atoms with Crippen molar-refractivity contribution in [2.45, 2.75) is 111 Å². The largest absolute Gasteiger partial charge is 0.444 e. The molecule has 1 aliphatic heterocycles. The summed E-state index contributed by atoms with van der Waals surface area (Å²) in [7, 11) is 0. The van der Waals surface area contributed by atoms with Crippen LogP contribution in [0.5, 0.6) is 0 Å². The first-order valence-electron chi connectivity index (χ1n) is 17.6. The van der Waals surface area contributed by atoms with Gasteiger partial charge < -0.3 is 19.4 Å². The molecule has 4 aromatic rings. The van der Waals surface area contributed by atoms with Crippen LogP contribution in [0.2, 0.25) is 0 Å². The summed E-state index contributed by atoms with van der Waals surface area (Å²) in [5, 5.41) is 0. The highest BCUT2D eigenvalue weighted by molar-refractivity contribution is 5.72. The van der Waals surface area contributed by atoms with Gasteiger partial charge in [0, 0.05) is 18.2 Å².